The SMILES string of the molecule is COCCN(C)C(=O)[C@H]1CSCN1. The standard InChI is InChI=1S/C8H16N2O2S/c1-10(3-4-12-2)8(11)7-5-13-6-9-7/h7,9H,3-6H2,1-2H3/t7-/m1/s1. The first-order valence-corrected chi connectivity index (χ1v) is 5.46. The lowest BCUT2D eigenvalue weighted by Gasteiger charge is -2.20. The van der Waals surface area contributed by atoms with E-state index in [-0.39, 0.29) is 11.9 Å². The van der Waals surface area contributed by atoms with Gasteiger partial charge in [0.25, 0.3) is 0 Å². The third kappa shape index (κ3) is 3.17. The fourth-order valence-electron chi connectivity index (χ4n) is 1.16. The minimum Gasteiger partial charge on any atom is -0.383 e. The second-order valence-electron chi connectivity index (χ2n) is 3.02. The van der Waals surface area contributed by atoms with E-state index >= 15 is 0 Å². The minimum absolute atomic E-state index is 0.00635. The Morgan fingerprint density at radius 2 is 2.54 bits per heavy atom. The van der Waals surface area contributed by atoms with E-state index in [1.807, 2.05) is 7.05 Å². The van der Waals surface area contributed by atoms with Crippen LogP contribution >= 0.6 is 11.8 Å². The van der Waals surface area contributed by atoms with Crippen molar-refractivity contribution in [1.82, 2.24) is 10.2 Å². The number of carbonyl (C=O) groups is 1. The highest BCUT2D eigenvalue weighted by Crippen LogP contribution is 2.11. The number of nitrogens with zero attached hydrogens (tertiary/aromatic N) is 1. The normalized spacial score (nSPS) is 21.8. The lowest BCUT2D eigenvalue weighted by atomic mass is 10.3. The molecule has 0 saturated carbocycles. The van der Waals surface area contributed by atoms with Crippen molar-refractivity contribution < 1.29 is 9.53 Å². The molecule has 0 aromatic rings. The summed E-state index contributed by atoms with van der Waals surface area (Å²) < 4.78 is 4.91. The first kappa shape index (κ1) is 10.8. The van der Waals surface area contributed by atoms with Crippen LogP contribution in [-0.2, 0) is 9.53 Å². The largest absolute Gasteiger partial charge is 0.383 e. The van der Waals surface area contributed by atoms with E-state index in [9.17, 15) is 4.79 Å². The number of amides is 1. The molecule has 5 heteroatoms. The summed E-state index contributed by atoms with van der Waals surface area (Å²) in [4.78, 5) is 13.4. The molecule has 0 aromatic heterocycles. The van der Waals surface area contributed by atoms with Gasteiger partial charge in [-0.1, -0.05) is 0 Å². The number of hydrogen-bond acceptors (Lipinski definition) is 4. The van der Waals surface area contributed by atoms with Crippen LogP contribution in [0.25, 0.3) is 0 Å². The maximum absolute atomic E-state index is 11.6. The molecule has 1 aliphatic rings. The maximum atomic E-state index is 11.6. The molecule has 76 valence electrons. The molecule has 0 unspecified atom stereocenters. The van der Waals surface area contributed by atoms with Crippen molar-refractivity contribution in [2.24, 2.45) is 0 Å². The topological polar surface area (TPSA) is 41.6 Å². The number of rotatable bonds is 4. The van der Waals surface area contributed by atoms with E-state index in [1.54, 1.807) is 23.8 Å². The summed E-state index contributed by atoms with van der Waals surface area (Å²) in [5.74, 6) is 1.94. The minimum atomic E-state index is 0.00635. The molecule has 1 atom stereocenters. The first-order chi connectivity index (χ1) is 6.25. The van der Waals surface area contributed by atoms with Crippen LogP contribution in [0.2, 0.25) is 0 Å². The number of nitrogens with one attached hydrogen (secondary N) is 1. The fraction of sp³-hybridized carbons (Fsp3) is 0.875. The molecule has 0 spiro atoms. The van der Waals surface area contributed by atoms with Crippen molar-refractivity contribution in [3.8, 4) is 0 Å². The van der Waals surface area contributed by atoms with Gasteiger partial charge in [-0.05, 0) is 0 Å². The Bertz CT molecular complexity index is 172. The van der Waals surface area contributed by atoms with Crippen LogP contribution < -0.4 is 5.32 Å². The molecule has 1 aliphatic heterocycles. The van der Waals surface area contributed by atoms with Gasteiger partial charge in [0.05, 0.1) is 12.6 Å². The summed E-state index contributed by atoms with van der Waals surface area (Å²) in [6.07, 6.45) is 0. The van der Waals surface area contributed by atoms with Gasteiger partial charge in [0.15, 0.2) is 0 Å². The quantitative estimate of drug-likeness (QED) is 0.686. The predicted molar refractivity (Wildman–Crippen MR) is 53.8 cm³/mol. The zero-order valence-corrected chi connectivity index (χ0v) is 8.89. The molecular formula is C8H16N2O2S. The van der Waals surface area contributed by atoms with Gasteiger partial charge >= 0.3 is 0 Å². The Hall–Kier alpha value is -0.260. The molecule has 0 aromatic carbocycles. The van der Waals surface area contributed by atoms with Crippen LogP contribution in [-0.4, -0.2) is 55.8 Å². The molecule has 0 bridgehead atoms. The van der Waals surface area contributed by atoms with Crippen molar-refractivity contribution in [3.05, 3.63) is 0 Å². The van der Waals surface area contributed by atoms with Crippen LogP contribution in [0.15, 0.2) is 0 Å². The summed E-state index contributed by atoms with van der Waals surface area (Å²) in [6.45, 7) is 1.26. The molecule has 1 amide bonds. The van der Waals surface area contributed by atoms with Gasteiger partial charge in [-0.3, -0.25) is 10.1 Å². The monoisotopic (exact) mass is 204 g/mol. The van der Waals surface area contributed by atoms with Crippen LogP contribution in [0.1, 0.15) is 0 Å². The molecule has 1 saturated heterocycles. The lowest BCUT2D eigenvalue weighted by Crippen LogP contribution is -2.44. The van der Waals surface area contributed by atoms with Crippen LogP contribution in [0.4, 0.5) is 0 Å². The number of carbonyl (C=O) groups excluding carboxylic acids is 1. The van der Waals surface area contributed by atoms with Crippen molar-refractivity contribution >= 4 is 17.7 Å². The molecular weight excluding hydrogens is 188 g/mol. The van der Waals surface area contributed by atoms with Crippen molar-refractivity contribution in [3.63, 3.8) is 0 Å². The maximum Gasteiger partial charge on any atom is 0.240 e. The third-order valence-electron chi connectivity index (χ3n) is 2.02. The van der Waals surface area contributed by atoms with Crippen LogP contribution in [0.5, 0.6) is 0 Å². The molecule has 4 nitrogen and oxygen atoms in total. The zero-order valence-electron chi connectivity index (χ0n) is 8.08. The first-order valence-electron chi connectivity index (χ1n) is 4.30. The van der Waals surface area contributed by atoms with Crippen LogP contribution in [0.3, 0.4) is 0 Å². The molecule has 1 heterocycles. The number of likely N-dealkylation sites (N-methyl/N-ethyl adjacent to an activating group) is 1. The highest BCUT2D eigenvalue weighted by Gasteiger charge is 2.24. The second-order valence-corrected chi connectivity index (χ2v) is 4.05. The Kier molecular flexibility index (Phi) is 4.55. The van der Waals surface area contributed by atoms with Gasteiger partial charge in [0.2, 0.25) is 5.91 Å². The third-order valence-corrected chi connectivity index (χ3v) is 2.96. The Balaban J connectivity index is 2.28. The van der Waals surface area contributed by atoms with Gasteiger partial charge in [-0.15, -0.1) is 11.8 Å². The molecule has 1 rings (SSSR count). The summed E-state index contributed by atoms with van der Waals surface area (Å²) in [5.41, 5.74) is 0. The molecule has 0 aliphatic carbocycles. The van der Waals surface area contributed by atoms with Crippen molar-refractivity contribution in [2.75, 3.05) is 38.9 Å². The Morgan fingerprint density at radius 3 is 3.08 bits per heavy atom. The van der Waals surface area contributed by atoms with Gasteiger partial charge in [0, 0.05) is 32.3 Å². The van der Waals surface area contributed by atoms with E-state index in [0.29, 0.717) is 13.2 Å². The van der Waals surface area contributed by atoms with Crippen molar-refractivity contribution in [1.29, 1.82) is 0 Å². The predicted octanol–water partition coefficient (Wildman–Crippen LogP) is -0.246. The van der Waals surface area contributed by atoms with E-state index in [1.165, 1.54) is 0 Å². The average Bonchev–Trinajstić information content (AvgIpc) is 2.65. The van der Waals surface area contributed by atoms with Crippen molar-refractivity contribution in [2.45, 2.75) is 6.04 Å². The Labute approximate surface area is 83.0 Å². The zero-order chi connectivity index (χ0) is 9.68. The van der Waals surface area contributed by atoms with E-state index in [4.69, 9.17) is 4.74 Å². The molecule has 1 fully saturated rings. The average molecular weight is 204 g/mol. The summed E-state index contributed by atoms with van der Waals surface area (Å²) in [6, 6.07) is 0.00635. The highest BCUT2D eigenvalue weighted by molar-refractivity contribution is 7.99. The summed E-state index contributed by atoms with van der Waals surface area (Å²) >= 11 is 1.76. The van der Waals surface area contributed by atoms with Gasteiger partial charge in [0.1, 0.15) is 0 Å². The fourth-order valence-corrected chi connectivity index (χ4v) is 2.09. The van der Waals surface area contributed by atoms with Gasteiger partial charge < -0.3 is 9.64 Å². The smallest absolute Gasteiger partial charge is 0.240 e. The van der Waals surface area contributed by atoms with Crippen LogP contribution in [0, 0.1) is 0 Å². The summed E-state index contributed by atoms with van der Waals surface area (Å²) in [7, 11) is 3.45. The molecule has 1 N–H and O–H groups in total. The second kappa shape index (κ2) is 5.47. The number of methoxy groups -OCH3 is 1. The number of hydrogen-bond donors (Lipinski definition) is 1. The molecule has 0 radical (unpaired) electrons. The van der Waals surface area contributed by atoms with Gasteiger partial charge in [-0.25, -0.2) is 0 Å². The number of ether oxygens (including phenoxy) is 1. The van der Waals surface area contributed by atoms with E-state index in [0.717, 1.165) is 11.6 Å². The highest BCUT2D eigenvalue weighted by atomic mass is 32.2. The number of thioether (sulfide) groups is 1. The van der Waals surface area contributed by atoms with E-state index in [2.05, 4.69) is 5.32 Å². The van der Waals surface area contributed by atoms with E-state index < -0.39 is 0 Å². The lowest BCUT2D eigenvalue weighted by molar-refractivity contribution is -0.131. The van der Waals surface area contributed by atoms with Gasteiger partial charge in [-0.2, -0.15) is 0 Å². The summed E-state index contributed by atoms with van der Waals surface area (Å²) in [5, 5.41) is 3.14. The Morgan fingerprint density at radius 1 is 1.77 bits per heavy atom. The molecule has 13 heavy (non-hydrogen) atoms.